The van der Waals surface area contributed by atoms with Gasteiger partial charge in [-0.25, -0.2) is 4.39 Å². The monoisotopic (exact) mass is 329 g/mol. The highest BCUT2D eigenvalue weighted by Crippen LogP contribution is 2.23. The Bertz CT molecular complexity index is 638. The zero-order valence-electron chi connectivity index (χ0n) is 14.1. The number of ether oxygens (including phenoxy) is 2. The topological polar surface area (TPSA) is 21.7 Å². The van der Waals surface area contributed by atoms with Gasteiger partial charge < -0.3 is 9.47 Å². The minimum absolute atomic E-state index is 0.195. The Hall–Kier alpha value is -1.91. The lowest BCUT2D eigenvalue weighted by Gasteiger charge is -2.26. The summed E-state index contributed by atoms with van der Waals surface area (Å²) in [6.45, 7) is 4.23. The molecule has 3 nitrogen and oxygen atoms in total. The Morgan fingerprint density at radius 1 is 1.12 bits per heavy atom. The fourth-order valence-corrected chi connectivity index (χ4v) is 3.20. The van der Waals surface area contributed by atoms with Crippen molar-refractivity contribution in [3.05, 3.63) is 65.5 Å². The zero-order chi connectivity index (χ0) is 16.8. The number of hydrogen-bond donors (Lipinski definition) is 0. The van der Waals surface area contributed by atoms with E-state index in [-0.39, 0.29) is 5.82 Å². The molecule has 1 unspecified atom stereocenters. The van der Waals surface area contributed by atoms with E-state index in [2.05, 4.69) is 11.0 Å². The molecule has 3 rings (SSSR count). The molecule has 1 aliphatic rings. The van der Waals surface area contributed by atoms with Crippen molar-refractivity contribution in [2.24, 2.45) is 5.92 Å². The second kappa shape index (κ2) is 8.27. The molecule has 1 heterocycles. The van der Waals surface area contributed by atoms with E-state index in [0.717, 1.165) is 50.6 Å². The molecule has 2 aromatic carbocycles. The third-order valence-corrected chi connectivity index (χ3v) is 4.45. The first-order chi connectivity index (χ1) is 11.7. The average molecular weight is 329 g/mol. The molecule has 0 radical (unpaired) electrons. The van der Waals surface area contributed by atoms with Crippen molar-refractivity contribution in [3.8, 4) is 5.75 Å². The van der Waals surface area contributed by atoms with Crippen LogP contribution >= 0.6 is 0 Å². The van der Waals surface area contributed by atoms with E-state index in [1.54, 1.807) is 7.11 Å². The first-order valence-electron chi connectivity index (χ1n) is 8.41. The van der Waals surface area contributed by atoms with Crippen molar-refractivity contribution >= 4 is 0 Å². The fraction of sp³-hybridized carbons (Fsp3) is 0.400. The van der Waals surface area contributed by atoms with Gasteiger partial charge in [0.25, 0.3) is 0 Å². The van der Waals surface area contributed by atoms with Crippen molar-refractivity contribution in [1.82, 2.24) is 4.90 Å². The van der Waals surface area contributed by atoms with Crippen LogP contribution in [0.2, 0.25) is 0 Å². The molecule has 0 aromatic heterocycles. The number of hydrogen-bond acceptors (Lipinski definition) is 3. The Morgan fingerprint density at radius 3 is 2.62 bits per heavy atom. The molecule has 1 fully saturated rings. The molecule has 1 atom stereocenters. The molecule has 1 saturated heterocycles. The van der Waals surface area contributed by atoms with Crippen LogP contribution in [-0.2, 0) is 17.8 Å². The van der Waals surface area contributed by atoms with Crippen molar-refractivity contribution in [2.45, 2.75) is 19.5 Å². The predicted molar refractivity (Wildman–Crippen MR) is 92.4 cm³/mol. The number of nitrogens with zero attached hydrogens (tertiary/aromatic N) is 1. The lowest BCUT2D eigenvalue weighted by molar-refractivity contribution is 0.161. The molecular weight excluding hydrogens is 305 g/mol. The average Bonchev–Trinajstić information content (AvgIpc) is 3.10. The van der Waals surface area contributed by atoms with Crippen molar-refractivity contribution < 1.29 is 13.9 Å². The molecule has 0 bridgehead atoms. The van der Waals surface area contributed by atoms with Crippen molar-refractivity contribution in [2.75, 3.05) is 26.9 Å². The third kappa shape index (κ3) is 4.56. The third-order valence-electron chi connectivity index (χ3n) is 4.45. The first kappa shape index (κ1) is 16.9. The second-order valence-corrected chi connectivity index (χ2v) is 6.34. The molecule has 0 aliphatic carbocycles. The highest BCUT2D eigenvalue weighted by Gasteiger charge is 2.20. The van der Waals surface area contributed by atoms with Gasteiger partial charge in [-0.15, -0.1) is 0 Å². The molecule has 0 amide bonds. The van der Waals surface area contributed by atoms with Gasteiger partial charge >= 0.3 is 0 Å². The Balaban J connectivity index is 1.74. The van der Waals surface area contributed by atoms with E-state index in [4.69, 9.17) is 9.47 Å². The summed E-state index contributed by atoms with van der Waals surface area (Å²) < 4.78 is 24.1. The second-order valence-electron chi connectivity index (χ2n) is 6.34. The quantitative estimate of drug-likeness (QED) is 0.770. The van der Waals surface area contributed by atoms with Crippen molar-refractivity contribution in [1.29, 1.82) is 0 Å². The standard InChI is InChI=1S/C20H24FNO2/c1-23-20-5-3-2-4-18(20)14-22(13-17-10-11-24-15-17)12-16-6-8-19(21)9-7-16/h2-9,17H,10-15H2,1H3. The number of methoxy groups -OCH3 is 1. The lowest BCUT2D eigenvalue weighted by atomic mass is 10.1. The Labute approximate surface area is 143 Å². The van der Waals surface area contributed by atoms with Gasteiger partial charge in [-0.3, -0.25) is 4.90 Å². The summed E-state index contributed by atoms with van der Waals surface area (Å²) in [7, 11) is 1.70. The molecule has 2 aromatic rings. The van der Waals surface area contributed by atoms with E-state index in [9.17, 15) is 4.39 Å². The summed E-state index contributed by atoms with van der Waals surface area (Å²) in [6.07, 6.45) is 1.10. The van der Waals surface area contributed by atoms with Gasteiger partial charge in [0.05, 0.1) is 13.7 Å². The predicted octanol–water partition coefficient (Wildman–Crippen LogP) is 3.87. The number of halogens is 1. The van der Waals surface area contributed by atoms with E-state index in [1.807, 2.05) is 30.3 Å². The summed E-state index contributed by atoms with van der Waals surface area (Å²) in [5.41, 5.74) is 2.28. The number of para-hydroxylation sites is 1. The summed E-state index contributed by atoms with van der Waals surface area (Å²) in [4.78, 5) is 2.39. The molecule has 0 saturated carbocycles. The van der Waals surface area contributed by atoms with Gasteiger partial charge in [0, 0.05) is 31.8 Å². The van der Waals surface area contributed by atoms with E-state index < -0.39 is 0 Å². The van der Waals surface area contributed by atoms with Gasteiger partial charge in [0.15, 0.2) is 0 Å². The van der Waals surface area contributed by atoms with Gasteiger partial charge in [0.1, 0.15) is 11.6 Å². The Morgan fingerprint density at radius 2 is 1.92 bits per heavy atom. The summed E-state index contributed by atoms with van der Waals surface area (Å²) in [5, 5.41) is 0. The lowest BCUT2D eigenvalue weighted by Crippen LogP contribution is -2.29. The SMILES string of the molecule is COc1ccccc1CN(Cc1ccc(F)cc1)CC1CCOC1. The highest BCUT2D eigenvalue weighted by molar-refractivity contribution is 5.33. The van der Waals surface area contributed by atoms with E-state index >= 15 is 0 Å². The highest BCUT2D eigenvalue weighted by atomic mass is 19.1. The first-order valence-corrected chi connectivity index (χ1v) is 8.41. The maximum atomic E-state index is 13.2. The van der Waals surface area contributed by atoms with E-state index in [1.165, 1.54) is 17.7 Å². The summed E-state index contributed by atoms with van der Waals surface area (Å²) in [6, 6.07) is 14.9. The van der Waals surface area contributed by atoms with Crippen LogP contribution in [0.15, 0.2) is 48.5 Å². The maximum Gasteiger partial charge on any atom is 0.123 e. The smallest absolute Gasteiger partial charge is 0.123 e. The summed E-state index contributed by atoms with van der Waals surface area (Å²) >= 11 is 0. The normalized spacial score (nSPS) is 17.4. The van der Waals surface area contributed by atoms with Crippen LogP contribution in [0.5, 0.6) is 5.75 Å². The van der Waals surface area contributed by atoms with Gasteiger partial charge in [-0.1, -0.05) is 30.3 Å². The molecular formula is C20H24FNO2. The maximum absolute atomic E-state index is 13.2. The number of rotatable bonds is 7. The van der Waals surface area contributed by atoms with Crippen LogP contribution < -0.4 is 4.74 Å². The molecule has 4 heteroatoms. The van der Waals surface area contributed by atoms with Crippen LogP contribution in [0, 0.1) is 11.7 Å². The van der Waals surface area contributed by atoms with Gasteiger partial charge in [-0.05, 0) is 36.1 Å². The molecule has 0 spiro atoms. The van der Waals surface area contributed by atoms with Crippen LogP contribution in [0.3, 0.4) is 0 Å². The van der Waals surface area contributed by atoms with Crippen LogP contribution in [0.4, 0.5) is 4.39 Å². The number of benzene rings is 2. The zero-order valence-corrected chi connectivity index (χ0v) is 14.1. The molecule has 1 aliphatic heterocycles. The van der Waals surface area contributed by atoms with E-state index in [0.29, 0.717) is 5.92 Å². The van der Waals surface area contributed by atoms with Gasteiger partial charge in [0.2, 0.25) is 0 Å². The van der Waals surface area contributed by atoms with Gasteiger partial charge in [-0.2, -0.15) is 0 Å². The summed E-state index contributed by atoms with van der Waals surface area (Å²) in [5.74, 6) is 1.27. The molecule has 128 valence electrons. The van der Waals surface area contributed by atoms with Crippen LogP contribution in [0.25, 0.3) is 0 Å². The van der Waals surface area contributed by atoms with Crippen LogP contribution in [-0.4, -0.2) is 31.8 Å². The largest absolute Gasteiger partial charge is 0.496 e. The minimum Gasteiger partial charge on any atom is -0.496 e. The molecule has 24 heavy (non-hydrogen) atoms. The van der Waals surface area contributed by atoms with Crippen LogP contribution in [0.1, 0.15) is 17.5 Å². The van der Waals surface area contributed by atoms with Crippen molar-refractivity contribution in [3.63, 3.8) is 0 Å². The Kier molecular flexibility index (Phi) is 5.83. The molecule has 0 N–H and O–H groups in total. The fourth-order valence-electron chi connectivity index (χ4n) is 3.20. The minimum atomic E-state index is -0.195.